The molecule has 0 saturated carbocycles. The molecule has 0 fully saturated rings. The maximum atomic E-state index is 12.6. The normalized spacial score (nSPS) is 20.5. The number of alkyl halides is 2. The molecule has 0 aromatic carbocycles. The van der Waals surface area contributed by atoms with Gasteiger partial charge in [0.2, 0.25) is 0 Å². The summed E-state index contributed by atoms with van der Waals surface area (Å²) in [5, 5.41) is 0. The van der Waals surface area contributed by atoms with Crippen molar-refractivity contribution in [3.63, 3.8) is 0 Å². The van der Waals surface area contributed by atoms with Gasteiger partial charge in [0.15, 0.2) is 22.0 Å². The molecule has 0 amide bonds. The van der Waals surface area contributed by atoms with Gasteiger partial charge in [0.05, 0.1) is 0 Å². The van der Waals surface area contributed by atoms with Gasteiger partial charge in [-0.1, -0.05) is 0 Å². The van der Waals surface area contributed by atoms with E-state index in [0.29, 0.717) is 8.25 Å². The summed E-state index contributed by atoms with van der Waals surface area (Å²) in [7, 11) is -7.26. The van der Waals surface area contributed by atoms with Gasteiger partial charge in [-0.2, -0.15) is 8.78 Å². The first kappa shape index (κ1) is 15.2. The van der Waals surface area contributed by atoms with E-state index in [0.717, 1.165) is 0 Å². The zero-order chi connectivity index (χ0) is 12.2. The van der Waals surface area contributed by atoms with Crippen LogP contribution in [0.1, 0.15) is 0 Å². The largest absolute Gasteiger partial charge is 0.424 e. The van der Waals surface area contributed by atoms with E-state index < -0.39 is 49.3 Å². The Morgan fingerprint density at radius 2 is 1.07 bits per heavy atom. The molecule has 2 N–H and O–H groups in total. The standard InChI is InChI=1S/CH2F4N2O4S4/c2-1(3,12(8)6-14(4)10)13(9)7-15(5)11/h6-7H. The fourth-order valence-electron chi connectivity index (χ4n) is 0.285. The first-order valence-corrected chi connectivity index (χ1v) is 6.98. The zero-order valence-electron chi connectivity index (χ0n) is 6.28. The van der Waals surface area contributed by atoms with E-state index >= 15 is 0 Å². The molecule has 0 rings (SSSR count). The topological polar surface area (TPSA) is 92.3 Å². The van der Waals surface area contributed by atoms with Gasteiger partial charge < -0.3 is 0 Å². The lowest BCUT2D eigenvalue weighted by molar-refractivity contribution is 0.195. The summed E-state index contributed by atoms with van der Waals surface area (Å²) in [6.07, 6.45) is 0. The van der Waals surface area contributed by atoms with Crippen LogP contribution in [0.5, 0.6) is 0 Å². The first-order valence-electron chi connectivity index (χ1n) is 2.58. The van der Waals surface area contributed by atoms with Crippen LogP contribution in [0.15, 0.2) is 0 Å². The predicted molar refractivity (Wildman–Crippen MR) is 46.0 cm³/mol. The van der Waals surface area contributed by atoms with Crippen LogP contribution in [0, 0.1) is 0 Å². The van der Waals surface area contributed by atoms with Crippen LogP contribution in [0.2, 0.25) is 0 Å². The van der Waals surface area contributed by atoms with Crippen LogP contribution in [0.25, 0.3) is 0 Å². The maximum Gasteiger partial charge on any atom is 0.424 e. The van der Waals surface area contributed by atoms with E-state index in [1.165, 1.54) is 0 Å². The molecule has 92 valence electrons. The summed E-state index contributed by atoms with van der Waals surface area (Å²) >= 11 is -7.07. The van der Waals surface area contributed by atoms with Crippen molar-refractivity contribution in [2.45, 2.75) is 4.59 Å². The average Bonchev–Trinajstić information content (AvgIpc) is 2.01. The Morgan fingerprint density at radius 1 is 0.800 bits per heavy atom. The van der Waals surface area contributed by atoms with E-state index in [9.17, 15) is 33.4 Å². The molecule has 14 heteroatoms. The lowest BCUT2D eigenvalue weighted by Crippen LogP contribution is -2.42. The third-order valence-electron chi connectivity index (χ3n) is 0.714. The van der Waals surface area contributed by atoms with E-state index in [1.54, 1.807) is 0 Å². The lowest BCUT2D eigenvalue weighted by Gasteiger charge is -2.12. The highest BCUT2D eigenvalue weighted by atomic mass is 32.3. The van der Waals surface area contributed by atoms with Gasteiger partial charge in [-0.05, 0) is 0 Å². The highest BCUT2D eigenvalue weighted by Crippen LogP contribution is 2.21. The Hall–Kier alpha value is 0.240. The Bertz CT molecular complexity index is 303. The number of hydrogen-bond donors (Lipinski definition) is 2. The summed E-state index contributed by atoms with van der Waals surface area (Å²) in [5.41, 5.74) is 0. The van der Waals surface area contributed by atoms with Crippen LogP contribution in [0.3, 0.4) is 0 Å². The van der Waals surface area contributed by atoms with Crippen LogP contribution in [0.4, 0.5) is 16.6 Å². The lowest BCUT2D eigenvalue weighted by atomic mass is 11.6. The van der Waals surface area contributed by atoms with Gasteiger partial charge in [0.25, 0.3) is 22.7 Å². The molecular formula is CH2F4N2O4S4. The fraction of sp³-hybridized carbons (Fsp3) is 1.00. The molecule has 4 atom stereocenters. The predicted octanol–water partition coefficient (Wildman–Crippen LogP) is -0.860. The number of nitrogens with one attached hydrogen (secondary N) is 2. The van der Waals surface area contributed by atoms with Crippen LogP contribution >= 0.6 is 0 Å². The van der Waals surface area contributed by atoms with Crippen molar-refractivity contribution < 1.29 is 33.4 Å². The van der Waals surface area contributed by atoms with E-state index in [2.05, 4.69) is 0 Å². The minimum atomic E-state index is -4.66. The molecule has 0 aliphatic heterocycles. The van der Waals surface area contributed by atoms with E-state index in [4.69, 9.17) is 0 Å². The van der Waals surface area contributed by atoms with Crippen LogP contribution in [-0.2, 0) is 44.7 Å². The molecule has 0 saturated heterocycles. The highest BCUT2D eigenvalue weighted by molar-refractivity contribution is 8.09. The molecule has 0 aliphatic carbocycles. The van der Waals surface area contributed by atoms with Gasteiger partial charge in [0, 0.05) is 0 Å². The molecule has 0 aromatic heterocycles. The summed E-state index contributed by atoms with van der Waals surface area (Å²) in [4.78, 5) is 0. The van der Waals surface area contributed by atoms with E-state index in [-0.39, 0.29) is 0 Å². The average molecular weight is 310 g/mol. The summed E-state index contributed by atoms with van der Waals surface area (Å²) in [5.74, 6) is 0. The Labute approximate surface area is 91.1 Å². The monoisotopic (exact) mass is 310 g/mol. The SMILES string of the molecule is O=S(F)NS(=O)C(F)(F)S(=O)NS(=O)F. The molecular weight excluding hydrogens is 308 g/mol. The smallest absolute Gasteiger partial charge is 0.234 e. The van der Waals surface area contributed by atoms with Crippen molar-refractivity contribution >= 4 is 44.7 Å². The van der Waals surface area contributed by atoms with Crippen LogP contribution < -0.4 is 8.25 Å². The molecule has 0 heterocycles. The molecule has 0 spiro atoms. The van der Waals surface area contributed by atoms with Gasteiger partial charge in [-0.15, -0.1) is 16.0 Å². The second kappa shape index (κ2) is 6.09. The summed E-state index contributed by atoms with van der Waals surface area (Å²) in [6, 6.07) is 0. The molecule has 15 heavy (non-hydrogen) atoms. The van der Waals surface area contributed by atoms with Crippen molar-refractivity contribution in [1.29, 1.82) is 0 Å². The van der Waals surface area contributed by atoms with Crippen molar-refractivity contribution in [2.75, 3.05) is 0 Å². The Kier molecular flexibility index (Phi) is 6.19. The van der Waals surface area contributed by atoms with Crippen LogP contribution in [-0.4, -0.2) is 21.4 Å². The third-order valence-corrected chi connectivity index (χ3v) is 4.74. The van der Waals surface area contributed by atoms with Crippen molar-refractivity contribution in [3.8, 4) is 0 Å². The van der Waals surface area contributed by atoms with Crippen molar-refractivity contribution in [3.05, 3.63) is 0 Å². The maximum absolute atomic E-state index is 12.6. The molecule has 0 radical (unpaired) electrons. The number of hydrogen-bond acceptors (Lipinski definition) is 4. The van der Waals surface area contributed by atoms with Gasteiger partial charge in [0.1, 0.15) is 0 Å². The molecule has 0 aliphatic rings. The number of rotatable bonds is 6. The third kappa shape index (κ3) is 5.21. The summed E-state index contributed by atoms with van der Waals surface area (Å²) in [6.45, 7) is 0. The minimum absolute atomic E-state index is 0.710. The van der Waals surface area contributed by atoms with E-state index in [1.807, 2.05) is 0 Å². The first-order chi connectivity index (χ1) is 6.67. The minimum Gasteiger partial charge on any atom is -0.234 e. The number of halogens is 4. The zero-order valence-corrected chi connectivity index (χ0v) is 9.54. The van der Waals surface area contributed by atoms with Crippen molar-refractivity contribution in [1.82, 2.24) is 8.25 Å². The Balaban J connectivity index is 4.65. The second-order valence-electron chi connectivity index (χ2n) is 1.61. The molecule has 0 bridgehead atoms. The van der Waals surface area contributed by atoms with Gasteiger partial charge in [-0.3, -0.25) is 0 Å². The van der Waals surface area contributed by atoms with Gasteiger partial charge in [-0.25, -0.2) is 16.8 Å². The quantitative estimate of drug-likeness (QED) is 0.493. The fourth-order valence-corrected chi connectivity index (χ4v) is 3.18. The highest BCUT2D eigenvalue weighted by Gasteiger charge is 2.46. The molecule has 4 unspecified atom stereocenters. The molecule has 0 aromatic rings. The van der Waals surface area contributed by atoms with Gasteiger partial charge >= 0.3 is 4.59 Å². The molecule has 6 nitrogen and oxygen atoms in total. The Morgan fingerprint density at radius 3 is 1.27 bits per heavy atom. The summed E-state index contributed by atoms with van der Waals surface area (Å²) < 4.78 is 85.5. The second-order valence-corrected chi connectivity index (χ2v) is 6.20. The van der Waals surface area contributed by atoms with Crippen molar-refractivity contribution in [2.24, 2.45) is 0 Å².